The molecule has 0 aliphatic heterocycles. The summed E-state index contributed by atoms with van der Waals surface area (Å²) in [5, 5.41) is 15.4. The summed E-state index contributed by atoms with van der Waals surface area (Å²) in [5.74, 6) is 0.782. The van der Waals surface area contributed by atoms with Gasteiger partial charge in [-0.05, 0) is 31.2 Å². The second kappa shape index (κ2) is 5.73. The summed E-state index contributed by atoms with van der Waals surface area (Å²) in [5.41, 5.74) is 2.62. The molecule has 1 unspecified atom stereocenters. The maximum atomic E-state index is 4.21. The van der Waals surface area contributed by atoms with Crippen molar-refractivity contribution >= 4 is 0 Å². The summed E-state index contributed by atoms with van der Waals surface area (Å²) in [6.07, 6.45) is 1.76. The van der Waals surface area contributed by atoms with Crippen LogP contribution in [-0.4, -0.2) is 33.3 Å². The SMILES string of the molecule is CNC(Cc1cccc(C)c1)Cc1nnn(C)n1. The van der Waals surface area contributed by atoms with Gasteiger partial charge < -0.3 is 5.32 Å². The molecule has 0 fully saturated rings. The first-order chi connectivity index (χ1) is 8.67. The second-order valence-corrected chi connectivity index (χ2v) is 4.58. The predicted molar refractivity (Wildman–Crippen MR) is 70.2 cm³/mol. The number of hydrogen-bond acceptors (Lipinski definition) is 4. The number of aromatic nitrogens is 4. The monoisotopic (exact) mass is 245 g/mol. The highest BCUT2D eigenvalue weighted by Crippen LogP contribution is 2.08. The number of hydrogen-bond donors (Lipinski definition) is 1. The summed E-state index contributed by atoms with van der Waals surface area (Å²) in [7, 11) is 3.75. The van der Waals surface area contributed by atoms with E-state index in [1.165, 1.54) is 15.9 Å². The van der Waals surface area contributed by atoms with Crippen LogP contribution in [0.1, 0.15) is 17.0 Å². The van der Waals surface area contributed by atoms with Crippen molar-refractivity contribution in [2.75, 3.05) is 7.05 Å². The molecule has 2 rings (SSSR count). The molecule has 0 radical (unpaired) electrons. The van der Waals surface area contributed by atoms with Gasteiger partial charge in [-0.25, -0.2) is 0 Å². The van der Waals surface area contributed by atoms with Crippen molar-refractivity contribution in [3.05, 3.63) is 41.2 Å². The second-order valence-electron chi connectivity index (χ2n) is 4.58. The molecule has 0 aliphatic rings. The van der Waals surface area contributed by atoms with Crippen LogP contribution in [0.4, 0.5) is 0 Å². The van der Waals surface area contributed by atoms with Gasteiger partial charge in [0.15, 0.2) is 5.82 Å². The quantitative estimate of drug-likeness (QED) is 0.850. The Morgan fingerprint density at radius 3 is 2.78 bits per heavy atom. The van der Waals surface area contributed by atoms with E-state index in [1.54, 1.807) is 7.05 Å². The van der Waals surface area contributed by atoms with E-state index in [0.717, 1.165) is 18.7 Å². The van der Waals surface area contributed by atoms with E-state index < -0.39 is 0 Å². The average molecular weight is 245 g/mol. The van der Waals surface area contributed by atoms with Crippen LogP contribution in [0.15, 0.2) is 24.3 Å². The van der Waals surface area contributed by atoms with Crippen LogP contribution in [0, 0.1) is 6.92 Å². The van der Waals surface area contributed by atoms with Crippen molar-refractivity contribution in [3.8, 4) is 0 Å². The van der Waals surface area contributed by atoms with Gasteiger partial charge in [0.2, 0.25) is 0 Å². The van der Waals surface area contributed by atoms with E-state index in [0.29, 0.717) is 6.04 Å². The fourth-order valence-electron chi connectivity index (χ4n) is 2.03. The lowest BCUT2D eigenvalue weighted by atomic mass is 10.0. The van der Waals surface area contributed by atoms with Crippen LogP contribution >= 0.6 is 0 Å². The third kappa shape index (κ3) is 3.37. The molecular weight excluding hydrogens is 226 g/mol. The van der Waals surface area contributed by atoms with E-state index >= 15 is 0 Å². The summed E-state index contributed by atoms with van der Waals surface area (Å²) < 4.78 is 0. The molecule has 5 heteroatoms. The van der Waals surface area contributed by atoms with E-state index in [2.05, 4.69) is 51.9 Å². The smallest absolute Gasteiger partial charge is 0.176 e. The van der Waals surface area contributed by atoms with Crippen LogP contribution in [0.2, 0.25) is 0 Å². The fraction of sp³-hybridized carbons (Fsp3) is 0.462. The number of nitrogens with one attached hydrogen (secondary N) is 1. The first-order valence-corrected chi connectivity index (χ1v) is 6.13. The van der Waals surface area contributed by atoms with Crippen molar-refractivity contribution in [3.63, 3.8) is 0 Å². The highest BCUT2D eigenvalue weighted by molar-refractivity contribution is 5.23. The molecule has 2 aromatic rings. The van der Waals surface area contributed by atoms with Gasteiger partial charge in [-0.1, -0.05) is 29.8 Å². The van der Waals surface area contributed by atoms with E-state index in [4.69, 9.17) is 0 Å². The molecule has 0 amide bonds. The molecule has 0 bridgehead atoms. The zero-order valence-corrected chi connectivity index (χ0v) is 11.1. The molecule has 0 aliphatic carbocycles. The average Bonchev–Trinajstić information content (AvgIpc) is 2.74. The largest absolute Gasteiger partial charge is 0.316 e. The highest BCUT2D eigenvalue weighted by Gasteiger charge is 2.11. The minimum Gasteiger partial charge on any atom is -0.316 e. The van der Waals surface area contributed by atoms with Gasteiger partial charge in [0.1, 0.15) is 0 Å². The third-order valence-electron chi connectivity index (χ3n) is 2.95. The van der Waals surface area contributed by atoms with Crippen LogP contribution in [0.3, 0.4) is 0 Å². The van der Waals surface area contributed by atoms with Crippen molar-refractivity contribution in [2.24, 2.45) is 7.05 Å². The molecule has 96 valence electrons. The van der Waals surface area contributed by atoms with Gasteiger partial charge >= 0.3 is 0 Å². The van der Waals surface area contributed by atoms with Crippen LogP contribution < -0.4 is 5.32 Å². The number of tetrazole rings is 1. The summed E-state index contributed by atoms with van der Waals surface area (Å²) in [4.78, 5) is 1.49. The van der Waals surface area contributed by atoms with E-state index in [-0.39, 0.29) is 0 Å². The first-order valence-electron chi connectivity index (χ1n) is 6.13. The zero-order chi connectivity index (χ0) is 13.0. The van der Waals surface area contributed by atoms with Crippen molar-refractivity contribution in [1.82, 2.24) is 25.5 Å². The Hall–Kier alpha value is -1.75. The predicted octanol–water partition coefficient (Wildman–Crippen LogP) is 0.892. The number of likely N-dealkylation sites (N-methyl/N-ethyl adjacent to an activating group) is 1. The Balaban J connectivity index is 2.01. The van der Waals surface area contributed by atoms with Crippen LogP contribution in [0.5, 0.6) is 0 Å². The lowest BCUT2D eigenvalue weighted by Crippen LogP contribution is -2.30. The molecule has 0 spiro atoms. The Morgan fingerprint density at radius 1 is 1.33 bits per heavy atom. The molecule has 0 saturated carbocycles. The Kier molecular flexibility index (Phi) is 4.04. The molecule has 1 aromatic heterocycles. The van der Waals surface area contributed by atoms with Gasteiger partial charge in [-0.2, -0.15) is 4.80 Å². The van der Waals surface area contributed by atoms with Gasteiger partial charge in [-0.15, -0.1) is 10.2 Å². The molecule has 1 atom stereocenters. The number of nitrogens with zero attached hydrogens (tertiary/aromatic N) is 4. The fourth-order valence-corrected chi connectivity index (χ4v) is 2.03. The van der Waals surface area contributed by atoms with Gasteiger partial charge in [0, 0.05) is 12.5 Å². The summed E-state index contributed by atoms with van der Waals surface area (Å²) in [6.45, 7) is 2.11. The minimum absolute atomic E-state index is 0.330. The maximum absolute atomic E-state index is 4.21. The molecule has 1 heterocycles. The number of aryl methyl sites for hydroxylation is 2. The summed E-state index contributed by atoms with van der Waals surface area (Å²) >= 11 is 0. The molecule has 1 aromatic carbocycles. The van der Waals surface area contributed by atoms with Crippen molar-refractivity contribution in [2.45, 2.75) is 25.8 Å². The van der Waals surface area contributed by atoms with Gasteiger partial charge in [0.05, 0.1) is 7.05 Å². The normalized spacial score (nSPS) is 12.6. The van der Waals surface area contributed by atoms with Crippen LogP contribution in [-0.2, 0) is 19.9 Å². The lowest BCUT2D eigenvalue weighted by Gasteiger charge is -2.14. The lowest BCUT2D eigenvalue weighted by molar-refractivity contribution is 0.540. The number of rotatable bonds is 5. The Bertz CT molecular complexity index is 506. The highest BCUT2D eigenvalue weighted by atomic mass is 15.6. The maximum Gasteiger partial charge on any atom is 0.176 e. The molecule has 0 saturated heterocycles. The van der Waals surface area contributed by atoms with Crippen molar-refractivity contribution in [1.29, 1.82) is 0 Å². The van der Waals surface area contributed by atoms with E-state index in [1.807, 2.05) is 7.05 Å². The first kappa shape index (κ1) is 12.7. The molecule has 1 N–H and O–H groups in total. The van der Waals surface area contributed by atoms with Gasteiger partial charge in [0.25, 0.3) is 0 Å². The standard InChI is InChI=1S/C13H19N5/c1-10-5-4-6-11(7-10)8-12(14-2)9-13-15-17-18(3)16-13/h4-7,12,14H,8-9H2,1-3H3. The molecule has 18 heavy (non-hydrogen) atoms. The zero-order valence-electron chi connectivity index (χ0n) is 11.1. The van der Waals surface area contributed by atoms with Crippen LogP contribution in [0.25, 0.3) is 0 Å². The molecule has 5 nitrogen and oxygen atoms in total. The Morgan fingerprint density at radius 2 is 2.17 bits per heavy atom. The third-order valence-corrected chi connectivity index (χ3v) is 2.95. The number of benzene rings is 1. The van der Waals surface area contributed by atoms with Crippen molar-refractivity contribution < 1.29 is 0 Å². The van der Waals surface area contributed by atoms with Gasteiger partial charge in [-0.3, -0.25) is 0 Å². The Labute approximate surface area is 107 Å². The summed E-state index contributed by atoms with van der Waals surface area (Å²) in [6, 6.07) is 8.91. The topological polar surface area (TPSA) is 55.6 Å². The van der Waals surface area contributed by atoms with E-state index in [9.17, 15) is 0 Å². The molecular formula is C13H19N5. The minimum atomic E-state index is 0.330.